The van der Waals surface area contributed by atoms with Crippen LogP contribution in [0.3, 0.4) is 0 Å². The first-order chi connectivity index (χ1) is 39.6. The third kappa shape index (κ3) is 6.91. The first-order valence-electron chi connectivity index (χ1n) is 29.8. The zero-order chi connectivity index (χ0) is 52.2. The lowest BCUT2D eigenvalue weighted by Gasteiger charge is -2.44. The molecular formula is C75H60N4O. The summed E-state index contributed by atoms with van der Waals surface area (Å²) < 4.78 is 9.30. The smallest absolute Gasteiger partial charge is 0.138 e. The highest BCUT2D eigenvalue weighted by Crippen LogP contribution is 2.59. The molecule has 0 amide bonds. The van der Waals surface area contributed by atoms with Crippen molar-refractivity contribution in [2.75, 3.05) is 0 Å². The molecule has 5 heteroatoms. The lowest BCUT2D eigenvalue weighted by Crippen LogP contribution is -2.29. The summed E-state index contributed by atoms with van der Waals surface area (Å²) >= 11 is 0. The fourth-order valence-corrected chi connectivity index (χ4v) is 17.0. The number of rotatable bonds is 7. The van der Waals surface area contributed by atoms with Crippen molar-refractivity contribution in [2.45, 2.75) is 112 Å². The normalized spacial score (nSPS) is 23.2. The SMILES string of the molecule is c1ccc(-n2c3ccccc3c3cc(-c4cc5c(cn4)C4CCC5CC4c4cccc5c4oc4ccc(-c6cc7c(cn6)C6CCC7CC6c6ccc(-c7ccc(-c8cc9c(cn8)C8CCC9CC8)cc7)cc6)cc45)ccc32)cc1. The molecule has 3 saturated carbocycles. The number of benzene rings is 7. The first-order valence-corrected chi connectivity index (χ1v) is 29.8. The van der Waals surface area contributed by atoms with E-state index in [1.807, 2.05) is 0 Å². The Labute approximate surface area is 466 Å². The van der Waals surface area contributed by atoms with E-state index in [4.69, 9.17) is 19.4 Å². The summed E-state index contributed by atoms with van der Waals surface area (Å²) in [5, 5.41) is 4.90. The molecule has 80 heavy (non-hydrogen) atoms. The van der Waals surface area contributed by atoms with E-state index in [2.05, 4.69) is 199 Å². The van der Waals surface area contributed by atoms with Crippen LogP contribution in [0.2, 0.25) is 0 Å². The number of para-hydroxylation sites is 3. The van der Waals surface area contributed by atoms with Gasteiger partial charge in [-0.25, -0.2) is 0 Å². The average Bonchev–Trinajstić information content (AvgIpc) is 4.20. The van der Waals surface area contributed by atoms with Gasteiger partial charge in [-0.3, -0.25) is 15.0 Å². The molecule has 3 fully saturated rings. The number of hydrogen-bond donors (Lipinski definition) is 0. The van der Waals surface area contributed by atoms with Crippen LogP contribution in [0, 0.1) is 0 Å². The van der Waals surface area contributed by atoms with Crippen LogP contribution in [0.15, 0.2) is 199 Å². The van der Waals surface area contributed by atoms with Crippen LogP contribution < -0.4 is 0 Å². The molecule has 0 N–H and O–H groups in total. The highest BCUT2D eigenvalue weighted by atomic mass is 16.3. The van der Waals surface area contributed by atoms with E-state index in [0.717, 1.165) is 52.1 Å². The monoisotopic (exact) mass is 1030 g/mol. The molecule has 6 unspecified atom stereocenters. The van der Waals surface area contributed by atoms with Gasteiger partial charge in [0.1, 0.15) is 11.2 Å². The van der Waals surface area contributed by atoms with E-state index in [-0.39, 0.29) is 0 Å². The maximum Gasteiger partial charge on any atom is 0.138 e. The van der Waals surface area contributed by atoms with Crippen LogP contribution in [0.25, 0.3) is 94.3 Å². The molecule has 6 bridgehead atoms. The minimum absolute atomic E-state index is 0.383. The largest absolute Gasteiger partial charge is 0.456 e. The Balaban J connectivity index is 0.596. The summed E-state index contributed by atoms with van der Waals surface area (Å²) in [5.74, 6) is 4.30. The van der Waals surface area contributed by atoms with Gasteiger partial charge in [0, 0.05) is 62.5 Å². The van der Waals surface area contributed by atoms with Gasteiger partial charge in [-0.2, -0.15) is 0 Å². The molecular weight excluding hydrogens is 973 g/mol. The van der Waals surface area contributed by atoms with Crippen LogP contribution >= 0.6 is 0 Å². The Morgan fingerprint density at radius 1 is 0.338 bits per heavy atom. The minimum atomic E-state index is 0.383. The number of fused-ring (bicyclic) bond motifs is 12. The van der Waals surface area contributed by atoms with E-state index < -0.39 is 0 Å². The zero-order valence-electron chi connectivity index (χ0n) is 44.9. The van der Waals surface area contributed by atoms with E-state index in [0.29, 0.717) is 35.5 Å². The van der Waals surface area contributed by atoms with Crippen molar-refractivity contribution in [3.63, 3.8) is 0 Å². The predicted molar refractivity (Wildman–Crippen MR) is 324 cm³/mol. The predicted octanol–water partition coefficient (Wildman–Crippen LogP) is 19.6. The Hall–Kier alpha value is -8.41. The van der Waals surface area contributed by atoms with Crippen LogP contribution in [-0.2, 0) is 0 Å². The fourth-order valence-electron chi connectivity index (χ4n) is 17.0. The maximum atomic E-state index is 6.92. The molecule has 5 heterocycles. The average molecular weight is 1030 g/mol. The summed E-state index contributed by atoms with van der Waals surface area (Å²) in [7, 11) is 0. The summed E-state index contributed by atoms with van der Waals surface area (Å²) in [6.07, 6.45) is 19.2. The third-order valence-electron chi connectivity index (χ3n) is 20.9. The second-order valence-electron chi connectivity index (χ2n) is 24.7. The van der Waals surface area contributed by atoms with Gasteiger partial charge >= 0.3 is 0 Å². The van der Waals surface area contributed by atoms with Crippen molar-refractivity contribution in [3.05, 3.63) is 239 Å². The quantitative estimate of drug-likeness (QED) is 0.160. The maximum absolute atomic E-state index is 6.92. The van der Waals surface area contributed by atoms with Crippen molar-refractivity contribution < 1.29 is 4.42 Å². The molecule has 5 nitrogen and oxygen atoms in total. The fraction of sp³-hybridized carbons (Fsp3) is 0.240. The first kappa shape index (κ1) is 45.5. The molecule has 0 aliphatic heterocycles. The summed E-state index contributed by atoms with van der Waals surface area (Å²) in [5.41, 5.74) is 26.7. The van der Waals surface area contributed by atoms with E-state index in [9.17, 15) is 0 Å². The van der Waals surface area contributed by atoms with Crippen molar-refractivity contribution in [3.8, 4) is 50.6 Å². The van der Waals surface area contributed by atoms with Gasteiger partial charge in [0.05, 0.1) is 28.1 Å². The zero-order valence-corrected chi connectivity index (χ0v) is 44.9. The van der Waals surface area contributed by atoms with Gasteiger partial charge in [-0.1, -0.05) is 109 Å². The van der Waals surface area contributed by atoms with Gasteiger partial charge in [0.2, 0.25) is 0 Å². The van der Waals surface area contributed by atoms with Crippen molar-refractivity contribution in [1.82, 2.24) is 19.5 Å². The molecule has 7 aromatic carbocycles. The molecule has 5 aromatic heterocycles. The second-order valence-corrected chi connectivity index (χ2v) is 24.7. The molecule has 9 aliphatic rings. The van der Waals surface area contributed by atoms with Crippen LogP contribution in [-0.4, -0.2) is 19.5 Å². The third-order valence-corrected chi connectivity index (χ3v) is 20.9. The Morgan fingerprint density at radius 2 is 0.863 bits per heavy atom. The second kappa shape index (κ2) is 17.5. The standard InChI is InChI=1S/C75H60N4O/c1-2-7-53(8-3-1)79-72-12-5-4-9-56(72)64-35-51(27-31-73(64)79)70-39-62-50-26-30-55(68(62)42-78-70)63(34-50)57-10-6-11-58-65-36-52(28-32-74(65)80-75(57)58)71-38-61-49-25-29-54(67(61)41-77-71)59(33-49)45-17-13-43(14-18-45)44-15-23-48(24-16-44)69-37-60-46-19-21-47(22-20-46)66(60)40-76-69/h1-18,23-24,27-28,31-32,35-42,46-47,49-50,54-55,59,63H,19-22,25-26,29-30,33-34H2. The van der Waals surface area contributed by atoms with Crippen molar-refractivity contribution in [1.29, 1.82) is 0 Å². The molecule has 9 aliphatic carbocycles. The molecule has 12 aromatic rings. The summed E-state index contributed by atoms with van der Waals surface area (Å²) in [6, 6.07) is 65.9. The highest BCUT2D eigenvalue weighted by molar-refractivity contribution is 6.10. The summed E-state index contributed by atoms with van der Waals surface area (Å²) in [4.78, 5) is 15.5. The topological polar surface area (TPSA) is 56.7 Å². The van der Waals surface area contributed by atoms with Gasteiger partial charge in [-0.05, 0) is 234 Å². The van der Waals surface area contributed by atoms with Crippen LogP contribution in [0.5, 0.6) is 0 Å². The van der Waals surface area contributed by atoms with Gasteiger partial charge in [0.15, 0.2) is 0 Å². The lowest BCUT2D eigenvalue weighted by atomic mass is 9.60. The molecule has 386 valence electrons. The molecule has 0 spiro atoms. The lowest BCUT2D eigenvalue weighted by molar-refractivity contribution is 0.312. The van der Waals surface area contributed by atoms with Crippen molar-refractivity contribution in [2.24, 2.45) is 0 Å². The number of furan rings is 1. The van der Waals surface area contributed by atoms with Gasteiger partial charge in [-0.15, -0.1) is 0 Å². The van der Waals surface area contributed by atoms with E-state index >= 15 is 0 Å². The summed E-state index contributed by atoms with van der Waals surface area (Å²) in [6.45, 7) is 0. The van der Waals surface area contributed by atoms with E-state index in [1.54, 1.807) is 5.56 Å². The highest BCUT2D eigenvalue weighted by Gasteiger charge is 2.43. The number of pyridine rings is 3. The molecule has 0 saturated heterocycles. The molecule has 21 rings (SSSR count). The Morgan fingerprint density at radius 3 is 1.59 bits per heavy atom. The van der Waals surface area contributed by atoms with E-state index in [1.165, 1.54) is 157 Å². The van der Waals surface area contributed by atoms with Gasteiger partial charge in [0.25, 0.3) is 0 Å². The number of aromatic nitrogens is 4. The molecule has 0 radical (unpaired) electrons. The molecule has 6 atom stereocenters. The van der Waals surface area contributed by atoms with Gasteiger partial charge < -0.3 is 8.98 Å². The van der Waals surface area contributed by atoms with Crippen molar-refractivity contribution >= 4 is 43.7 Å². The minimum Gasteiger partial charge on any atom is -0.456 e. The Kier molecular flexibility index (Phi) is 9.97. The van der Waals surface area contributed by atoms with Crippen LogP contribution in [0.1, 0.15) is 156 Å². The van der Waals surface area contributed by atoms with Crippen LogP contribution in [0.4, 0.5) is 0 Å². The Bertz CT molecular complexity index is 4480. The number of hydrogen-bond acceptors (Lipinski definition) is 4. The number of nitrogens with zero attached hydrogens (tertiary/aromatic N) is 4.